The first-order valence-corrected chi connectivity index (χ1v) is 10.1. The summed E-state index contributed by atoms with van der Waals surface area (Å²) in [6.45, 7) is 0.198. The van der Waals surface area contributed by atoms with Crippen LogP contribution in [0.25, 0.3) is 10.6 Å². The average molecular weight is 379 g/mol. The second-order valence-electron chi connectivity index (χ2n) is 5.20. The molecule has 0 aliphatic rings. The number of aromatic nitrogens is 1. The fraction of sp³-hybridized carbons (Fsp3) is 0.118. The first kappa shape index (κ1) is 17.1. The summed E-state index contributed by atoms with van der Waals surface area (Å²) < 4.78 is 27.3. The van der Waals surface area contributed by atoms with Crippen molar-refractivity contribution in [1.29, 1.82) is 0 Å². The summed E-state index contributed by atoms with van der Waals surface area (Å²) in [4.78, 5) is 5.39. The maximum atomic E-state index is 12.3. The first-order chi connectivity index (χ1) is 11.5. The maximum Gasteiger partial charge on any atom is 0.216 e. The Labute approximate surface area is 150 Å². The average Bonchev–Trinajstić information content (AvgIpc) is 3.07. The van der Waals surface area contributed by atoms with Gasteiger partial charge in [0.05, 0.1) is 16.3 Å². The van der Waals surface area contributed by atoms with Crippen molar-refractivity contribution >= 4 is 33.0 Å². The molecule has 1 N–H and O–H groups in total. The van der Waals surface area contributed by atoms with Crippen LogP contribution in [0.5, 0.6) is 0 Å². The topological polar surface area (TPSA) is 59.1 Å². The van der Waals surface area contributed by atoms with Gasteiger partial charge in [-0.25, -0.2) is 13.1 Å². The van der Waals surface area contributed by atoms with Crippen molar-refractivity contribution in [3.63, 3.8) is 0 Å². The third kappa shape index (κ3) is 4.42. The molecule has 1 aromatic carbocycles. The Kier molecular flexibility index (Phi) is 5.30. The van der Waals surface area contributed by atoms with Gasteiger partial charge in [-0.1, -0.05) is 35.9 Å². The zero-order valence-corrected chi connectivity index (χ0v) is 15.0. The summed E-state index contributed by atoms with van der Waals surface area (Å²) in [5, 5.41) is 2.49. The van der Waals surface area contributed by atoms with Gasteiger partial charge >= 0.3 is 0 Å². The number of nitrogens with zero attached hydrogens (tertiary/aromatic N) is 1. The predicted molar refractivity (Wildman–Crippen MR) is 98.5 cm³/mol. The maximum absolute atomic E-state index is 12.3. The highest BCUT2D eigenvalue weighted by Gasteiger charge is 2.14. The van der Waals surface area contributed by atoms with Crippen LogP contribution >= 0.6 is 22.9 Å². The first-order valence-electron chi connectivity index (χ1n) is 7.23. The van der Waals surface area contributed by atoms with E-state index in [9.17, 15) is 8.42 Å². The van der Waals surface area contributed by atoms with Gasteiger partial charge in [-0.05, 0) is 40.8 Å². The fourth-order valence-corrected chi connectivity index (χ4v) is 4.37. The van der Waals surface area contributed by atoms with Gasteiger partial charge < -0.3 is 0 Å². The summed E-state index contributed by atoms with van der Waals surface area (Å²) in [6.07, 6.45) is 1.71. The van der Waals surface area contributed by atoms with Gasteiger partial charge in [0.2, 0.25) is 10.0 Å². The molecule has 0 spiro atoms. The van der Waals surface area contributed by atoms with E-state index < -0.39 is 10.0 Å². The van der Waals surface area contributed by atoms with Crippen molar-refractivity contribution in [1.82, 2.24) is 9.71 Å². The minimum Gasteiger partial charge on any atom is -0.255 e. The molecule has 0 fully saturated rings. The summed E-state index contributed by atoms with van der Waals surface area (Å²) in [5.74, 6) is -0.109. The number of benzene rings is 1. The molecule has 3 rings (SSSR count). The summed E-state index contributed by atoms with van der Waals surface area (Å²) in [7, 11) is -3.47. The van der Waals surface area contributed by atoms with Crippen molar-refractivity contribution < 1.29 is 8.42 Å². The molecular weight excluding hydrogens is 364 g/mol. The van der Waals surface area contributed by atoms with E-state index in [1.54, 1.807) is 47.9 Å². The number of pyridine rings is 1. The highest BCUT2D eigenvalue weighted by atomic mass is 35.5. The van der Waals surface area contributed by atoms with E-state index in [0.717, 1.165) is 16.1 Å². The molecular formula is C17H15ClN2O2S2. The van der Waals surface area contributed by atoms with E-state index in [1.165, 1.54) is 0 Å². The van der Waals surface area contributed by atoms with E-state index in [0.29, 0.717) is 10.6 Å². The molecule has 0 aliphatic carbocycles. The molecule has 124 valence electrons. The Morgan fingerprint density at radius 1 is 1.12 bits per heavy atom. The lowest BCUT2D eigenvalue weighted by atomic mass is 10.2. The quantitative estimate of drug-likeness (QED) is 0.703. The van der Waals surface area contributed by atoms with Gasteiger partial charge in [-0.3, -0.25) is 4.98 Å². The summed E-state index contributed by atoms with van der Waals surface area (Å²) in [5.41, 5.74) is 2.30. The Hall–Kier alpha value is -1.73. The van der Waals surface area contributed by atoms with E-state index >= 15 is 0 Å². The molecule has 3 aromatic rings. The molecule has 24 heavy (non-hydrogen) atoms. The predicted octanol–water partition coefficient (Wildman–Crippen LogP) is 4.08. The lowest BCUT2D eigenvalue weighted by Gasteiger charge is -2.10. The van der Waals surface area contributed by atoms with Crippen molar-refractivity contribution in [2.45, 2.75) is 12.3 Å². The minimum absolute atomic E-state index is 0.109. The van der Waals surface area contributed by atoms with Crippen molar-refractivity contribution in [2.75, 3.05) is 0 Å². The number of hydrogen-bond acceptors (Lipinski definition) is 4. The summed E-state index contributed by atoms with van der Waals surface area (Å²) in [6, 6.07) is 14.5. The minimum atomic E-state index is -3.47. The molecule has 0 saturated heterocycles. The number of halogens is 1. The molecule has 0 atom stereocenters. The van der Waals surface area contributed by atoms with Gasteiger partial charge in [0, 0.05) is 17.8 Å². The smallest absolute Gasteiger partial charge is 0.216 e. The number of rotatable bonds is 6. The van der Waals surface area contributed by atoms with E-state index in [2.05, 4.69) is 9.71 Å². The van der Waals surface area contributed by atoms with Crippen LogP contribution in [-0.4, -0.2) is 13.4 Å². The van der Waals surface area contributed by atoms with Crippen LogP contribution in [0.3, 0.4) is 0 Å². The second kappa shape index (κ2) is 7.44. The number of sulfonamides is 1. The van der Waals surface area contributed by atoms with Crippen molar-refractivity contribution in [3.8, 4) is 10.6 Å². The van der Waals surface area contributed by atoms with Crippen molar-refractivity contribution in [3.05, 3.63) is 76.3 Å². The fourth-order valence-electron chi connectivity index (χ4n) is 2.30. The van der Waals surface area contributed by atoms with Crippen LogP contribution in [0.1, 0.15) is 11.1 Å². The van der Waals surface area contributed by atoms with Crippen LogP contribution in [0, 0.1) is 0 Å². The lowest BCUT2D eigenvalue weighted by molar-refractivity contribution is 0.580. The lowest BCUT2D eigenvalue weighted by Crippen LogP contribution is -2.25. The van der Waals surface area contributed by atoms with E-state index in [4.69, 9.17) is 11.6 Å². The van der Waals surface area contributed by atoms with Crippen molar-refractivity contribution in [2.24, 2.45) is 0 Å². The van der Waals surface area contributed by atoms with Crippen LogP contribution in [0.2, 0.25) is 5.02 Å². The summed E-state index contributed by atoms with van der Waals surface area (Å²) >= 11 is 7.48. The molecule has 0 saturated carbocycles. The zero-order valence-electron chi connectivity index (χ0n) is 12.6. The normalized spacial score (nSPS) is 11.5. The van der Waals surface area contributed by atoms with Gasteiger partial charge in [0.1, 0.15) is 0 Å². The Balaban J connectivity index is 1.74. The molecule has 7 heteroatoms. The molecule has 0 radical (unpaired) electrons. The third-order valence-electron chi connectivity index (χ3n) is 3.37. The van der Waals surface area contributed by atoms with Crippen LogP contribution in [0.15, 0.2) is 60.1 Å². The number of hydrogen-bond donors (Lipinski definition) is 1. The molecule has 2 heterocycles. The van der Waals surface area contributed by atoms with Gasteiger partial charge in [0.15, 0.2) is 0 Å². The van der Waals surface area contributed by atoms with E-state index in [-0.39, 0.29) is 12.3 Å². The molecule has 4 nitrogen and oxygen atoms in total. The van der Waals surface area contributed by atoms with Gasteiger partial charge in [-0.2, -0.15) is 0 Å². The highest BCUT2D eigenvalue weighted by molar-refractivity contribution is 7.88. The number of thiophene rings is 1. The third-order valence-corrected chi connectivity index (χ3v) is 5.78. The Bertz CT molecular complexity index is 925. The molecule has 2 aromatic heterocycles. The monoisotopic (exact) mass is 378 g/mol. The standard InChI is InChI=1S/C17H15ClN2O2S2/c18-15-6-1-4-13(10-15)12-24(21,22)20-11-14-5-2-8-19-17(14)16-7-3-9-23-16/h1-10,20H,11-12H2. The molecule has 0 amide bonds. The van der Waals surface area contributed by atoms with Crippen LogP contribution in [0.4, 0.5) is 0 Å². The van der Waals surface area contributed by atoms with E-state index in [1.807, 2.05) is 23.6 Å². The second-order valence-corrected chi connectivity index (χ2v) is 8.39. The molecule has 0 bridgehead atoms. The number of nitrogens with one attached hydrogen (secondary N) is 1. The van der Waals surface area contributed by atoms with Crippen LogP contribution < -0.4 is 4.72 Å². The highest BCUT2D eigenvalue weighted by Crippen LogP contribution is 2.25. The van der Waals surface area contributed by atoms with Gasteiger partial charge in [-0.15, -0.1) is 11.3 Å². The van der Waals surface area contributed by atoms with Gasteiger partial charge in [0.25, 0.3) is 0 Å². The largest absolute Gasteiger partial charge is 0.255 e. The Morgan fingerprint density at radius 3 is 2.75 bits per heavy atom. The van der Waals surface area contributed by atoms with Crippen LogP contribution in [-0.2, 0) is 22.3 Å². The molecule has 0 aliphatic heterocycles. The zero-order chi connectivity index (χ0) is 17.0. The SMILES string of the molecule is O=S(=O)(Cc1cccc(Cl)c1)NCc1cccnc1-c1cccs1. The Morgan fingerprint density at radius 2 is 2.00 bits per heavy atom. The molecule has 0 unspecified atom stereocenters.